The Labute approximate surface area is 234 Å². The summed E-state index contributed by atoms with van der Waals surface area (Å²) in [4.78, 5) is 24.1. The van der Waals surface area contributed by atoms with Crippen LogP contribution in [-0.4, -0.2) is 33.2 Å². The molecule has 5 rings (SSSR count). The van der Waals surface area contributed by atoms with Gasteiger partial charge in [0.05, 0.1) is 31.1 Å². The predicted octanol–water partition coefficient (Wildman–Crippen LogP) is 6.06. The lowest BCUT2D eigenvalue weighted by atomic mass is 10.00. The minimum absolute atomic E-state index is 0.0695. The average molecular weight is 555 g/mol. The van der Waals surface area contributed by atoms with E-state index >= 15 is 0 Å². The molecule has 5 aromatic rings. The molecule has 13 nitrogen and oxygen atoms in total. The number of nitrogens with one attached hydrogen (secondary N) is 3. The number of hydrogen-bond donors (Lipinski definition) is 3. The smallest absolute Gasteiger partial charge is 0.272 e. The SMILES string of the molecule is COc1ccc(Nc2nc(NCc3ccco3)nc(N/N=C\c3ccc(-c4ccc([N+](=O)[O-])c(C)c4C)o3)n2)cc1. The molecule has 3 aromatic heterocycles. The quantitative estimate of drug-likeness (QED) is 0.0986. The molecule has 208 valence electrons. The van der Waals surface area contributed by atoms with Crippen LogP contribution in [0.4, 0.5) is 29.2 Å². The van der Waals surface area contributed by atoms with E-state index in [9.17, 15) is 10.1 Å². The zero-order chi connectivity index (χ0) is 28.8. The van der Waals surface area contributed by atoms with E-state index in [-0.39, 0.29) is 17.6 Å². The molecule has 3 heterocycles. The van der Waals surface area contributed by atoms with Crippen molar-refractivity contribution in [2.75, 3.05) is 23.2 Å². The third-order valence-corrected chi connectivity index (χ3v) is 6.19. The Morgan fingerprint density at radius 2 is 1.76 bits per heavy atom. The van der Waals surface area contributed by atoms with Crippen molar-refractivity contribution in [1.82, 2.24) is 15.0 Å². The number of methoxy groups -OCH3 is 1. The molecule has 3 N–H and O–H groups in total. The van der Waals surface area contributed by atoms with Crippen LogP contribution in [0.25, 0.3) is 11.3 Å². The van der Waals surface area contributed by atoms with Gasteiger partial charge in [-0.3, -0.25) is 10.1 Å². The van der Waals surface area contributed by atoms with Crippen LogP contribution in [0.3, 0.4) is 0 Å². The van der Waals surface area contributed by atoms with Crippen LogP contribution >= 0.6 is 0 Å². The summed E-state index contributed by atoms with van der Waals surface area (Å²) in [7, 11) is 1.60. The molecule has 0 radical (unpaired) electrons. The Bertz CT molecular complexity index is 1680. The summed E-state index contributed by atoms with van der Waals surface area (Å²) in [5.74, 6) is 3.24. The number of nitrogens with zero attached hydrogens (tertiary/aromatic N) is 5. The molecule has 0 aliphatic carbocycles. The fourth-order valence-electron chi connectivity index (χ4n) is 3.94. The van der Waals surface area contributed by atoms with Crippen molar-refractivity contribution in [3.05, 3.63) is 99.7 Å². The molecular weight excluding hydrogens is 528 g/mol. The molecule has 0 bridgehead atoms. The Morgan fingerprint density at radius 1 is 0.976 bits per heavy atom. The lowest BCUT2D eigenvalue weighted by Crippen LogP contribution is -2.09. The van der Waals surface area contributed by atoms with Gasteiger partial charge in [0.25, 0.3) is 5.69 Å². The highest BCUT2D eigenvalue weighted by Gasteiger charge is 2.17. The minimum Gasteiger partial charge on any atom is -0.497 e. The molecule has 0 amide bonds. The van der Waals surface area contributed by atoms with E-state index in [1.54, 1.807) is 44.6 Å². The molecule has 0 atom stereocenters. The predicted molar refractivity (Wildman–Crippen MR) is 154 cm³/mol. The second kappa shape index (κ2) is 12.0. The molecule has 0 unspecified atom stereocenters. The van der Waals surface area contributed by atoms with Crippen LogP contribution in [0.5, 0.6) is 5.75 Å². The van der Waals surface area contributed by atoms with E-state index in [4.69, 9.17) is 13.6 Å². The Hall–Kier alpha value is -5.72. The lowest BCUT2D eigenvalue weighted by molar-refractivity contribution is -0.385. The van der Waals surface area contributed by atoms with E-state index in [0.29, 0.717) is 29.6 Å². The fraction of sp³-hybridized carbons (Fsp3) is 0.143. The number of nitro groups is 1. The molecular formula is C28H26N8O5. The molecule has 2 aromatic carbocycles. The number of hydrogen-bond acceptors (Lipinski definition) is 12. The topological polar surface area (TPSA) is 166 Å². The van der Waals surface area contributed by atoms with Crippen molar-refractivity contribution < 1.29 is 18.5 Å². The fourth-order valence-corrected chi connectivity index (χ4v) is 3.94. The van der Waals surface area contributed by atoms with Gasteiger partial charge in [0.15, 0.2) is 0 Å². The maximum atomic E-state index is 11.2. The van der Waals surface area contributed by atoms with Gasteiger partial charge in [-0.15, -0.1) is 0 Å². The first kappa shape index (κ1) is 26.9. The number of furan rings is 2. The van der Waals surface area contributed by atoms with E-state index < -0.39 is 4.92 Å². The van der Waals surface area contributed by atoms with Gasteiger partial charge in [0.2, 0.25) is 17.8 Å². The zero-order valence-electron chi connectivity index (χ0n) is 22.4. The third-order valence-electron chi connectivity index (χ3n) is 6.19. The number of benzene rings is 2. The van der Waals surface area contributed by atoms with Crippen LogP contribution in [0.15, 0.2) is 80.9 Å². The standard InChI is InChI=1S/C28H26N8O5/c1-17-18(2)24(36(37)38)12-11-23(17)25-13-10-22(41-25)16-30-35-28-33-26(29-15-21-5-4-14-40-21)32-27(34-28)31-19-6-8-20(39-3)9-7-19/h4-14,16H,15H2,1-3H3,(H3,29,31,32,33,34,35)/b30-16-. The number of anilines is 4. The van der Waals surface area contributed by atoms with E-state index in [1.807, 2.05) is 37.3 Å². The second-order valence-corrected chi connectivity index (χ2v) is 8.80. The molecule has 13 heteroatoms. The zero-order valence-corrected chi connectivity index (χ0v) is 22.4. The van der Waals surface area contributed by atoms with Crippen molar-refractivity contribution in [2.45, 2.75) is 20.4 Å². The number of aromatic nitrogens is 3. The largest absolute Gasteiger partial charge is 0.497 e. The number of rotatable bonds is 11. The molecule has 0 fully saturated rings. The molecule has 0 saturated carbocycles. The second-order valence-electron chi connectivity index (χ2n) is 8.80. The normalized spacial score (nSPS) is 11.0. The van der Waals surface area contributed by atoms with Gasteiger partial charge in [-0.05, 0) is 74.0 Å². The van der Waals surface area contributed by atoms with Crippen LogP contribution in [0, 0.1) is 24.0 Å². The summed E-state index contributed by atoms with van der Waals surface area (Å²) >= 11 is 0. The van der Waals surface area contributed by atoms with Gasteiger partial charge in [0, 0.05) is 22.9 Å². The molecule has 0 aliphatic rings. The summed E-state index contributed by atoms with van der Waals surface area (Å²) in [6.45, 7) is 3.92. The van der Waals surface area contributed by atoms with Gasteiger partial charge in [-0.1, -0.05) is 0 Å². The van der Waals surface area contributed by atoms with E-state index in [2.05, 4.69) is 36.1 Å². The van der Waals surface area contributed by atoms with Crippen molar-refractivity contribution in [3.8, 4) is 17.1 Å². The van der Waals surface area contributed by atoms with Gasteiger partial charge < -0.3 is 24.2 Å². The lowest BCUT2D eigenvalue weighted by Gasteiger charge is -2.10. The van der Waals surface area contributed by atoms with Gasteiger partial charge >= 0.3 is 0 Å². The van der Waals surface area contributed by atoms with Crippen molar-refractivity contribution in [3.63, 3.8) is 0 Å². The average Bonchev–Trinajstić information content (AvgIpc) is 3.66. The monoisotopic (exact) mass is 554 g/mol. The van der Waals surface area contributed by atoms with Crippen molar-refractivity contribution in [2.24, 2.45) is 5.10 Å². The minimum atomic E-state index is -0.394. The summed E-state index contributed by atoms with van der Waals surface area (Å²) in [5, 5.41) is 21.7. The van der Waals surface area contributed by atoms with Crippen molar-refractivity contribution in [1.29, 1.82) is 0 Å². The van der Waals surface area contributed by atoms with Gasteiger partial charge in [0.1, 0.15) is 23.0 Å². The molecule has 0 saturated heterocycles. The third kappa shape index (κ3) is 6.47. The Kier molecular flexibility index (Phi) is 7.86. The van der Waals surface area contributed by atoms with E-state index in [0.717, 1.165) is 28.3 Å². The maximum absolute atomic E-state index is 11.2. The first-order valence-electron chi connectivity index (χ1n) is 12.5. The first-order valence-corrected chi connectivity index (χ1v) is 12.5. The highest BCUT2D eigenvalue weighted by Crippen LogP contribution is 2.31. The summed E-state index contributed by atoms with van der Waals surface area (Å²) in [6.07, 6.45) is 3.07. The summed E-state index contributed by atoms with van der Waals surface area (Å²) < 4.78 is 16.5. The number of nitro benzene ring substituents is 1. The van der Waals surface area contributed by atoms with Crippen LogP contribution in [0.2, 0.25) is 0 Å². The Balaban J connectivity index is 1.33. The van der Waals surface area contributed by atoms with E-state index in [1.165, 1.54) is 12.3 Å². The highest BCUT2D eigenvalue weighted by atomic mass is 16.6. The first-order chi connectivity index (χ1) is 19.9. The van der Waals surface area contributed by atoms with Crippen LogP contribution in [-0.2, 0) is 6.54 Å². The van der Waals surface area contributed by atoms with Crippen LogP contribution < -0.4 is 20.8 Å². The summed E-state index contributed by atoms with van der Waals surface area (Å²) in [5.41, 5.74) is 5.75. The molecule has 0 aliphatic heterocycles. The number of hydrazone groups is 1. The molecule has 0 spiro atoms. The van der Waals surface area contributed by atoms with Crippen LogP contribution in [0.1, 0.15) is 22.6 Å². The molecule has 41 heavy (non-hydrogen) atoms. The highest BCUT2D eigenvalue weighted by molar-refractivity contribution is 5.78. The maximum Gasteiger partial charge on any atom is 0.272 e. The van der Waals surface area contributed by atoms with Crippen molar-refractivity contribution >= 4 is 35.4 Å². The summed E-state index contributed by atoms with van der Waals surface area (Å²) in [6, 6.07) is 17.6. The Morgan fingerprint density at radius 3 is 2.49 bits per heavy atom. The number of ether oxygens (including phenoxy) is 1. The van der Waals surface area contributed by atoms with Gasteiger partial charge in [-0.25, -0.2) is 5.43 Å². The van der Waals surface area contributed by atoms with Gasteiger partial charge in [-0.2, -0.15) is 20.1 Å².